The smallest absolute Gasteiger partial charge is 0.266 e. The van der Waals surface area contributed by atoms with E-state index in [0.717, 1.165) is 22.8 Å². The van der Waals surface area contributed by atoms with Crippen molar-refractivity contribution in [2.24, 2.45) is 7.05 Å². The van der Waals surface area contributed by atoms with Crippen LogP contribution in [0.3, 0.4) is 0 Å². The van der Waals surface area contributed by atoms with Crippen LogP contribution in [-0.2, 0) is 24.9 Å². The van der Waals surface area contributed by atoms with Crippen molar-refractivity contribution in [2.75, 3.05) is 5.32 Å². The van der Waals surface area contributed by atoms with E-state index in [1.165, 1.54) is 6.07 Å². The fourth-order valence-corrected chi connectivity index (χ4v) is 3.30. The van der Waals surface area contributed by atoms with Gasteiger partial charge in [0.05, 0.1) is 6.42 Å². The summed E-state index contributed by atoms with van der Waals surface area (Å²) in [6, 6.07) is 8.61. The highest BCUT2D eigenvalue weighted by Crippen LogP contribution is 2.18. The van der Waals surface area contributed by atoms with E-state index in [1.54, 1.807) is 35.0 Å². The zero-order valence-electron chi connectivity index (χ0n) is 17.0. The highest BCUT2D eigenvalue weighted by molar-refractivity contribution is 5.92. The number of carbonyl (C=O) groups excluding carboxylic acids is 1. The average molecular weight is 406 g/mol. The third-order valence-corrected chi connectivity index (χ3v) is 4.97. The van der Waals surface area contributed by atoms with Crippen LogP contribution in [0.4, 0.5) is 5.69 Å². The van der Waals surface area contributed by atoms with E-state index in [9.17, 15) is 9.59 Å². The summed E-state index contributed by atoms with van der Waals surface area (Å²) in [5.41, 5.74) is 3.27. The number of carbonyl (C=O) groups is 1. The zero-order chi connectivity index (χ0) is 21.3. The van der Waals surface area contributed by atoms with Crippen LogP contribution in [0, 0.1) is 13.8 Å². The van der Waals surface area contributed by atoms with Gasteiger partial charge >= 0.3 is 0 Å². The van der Waals surface area contributed by atoms with Gasteiger partial charge in [-0.05, 0) is 38.1 Å². The van der Waals surface area contributed by atoms with Crippen LogP contribution in [0.2, 0.25) is 0 Å². The third kappa shape index (κ3) is 3.95. The van der Waals surface area contributed by atoms with E-state index >= 15 is 0 Å². The number of amides is 1. The molecule has 0 radical (unpaired) electrons. The Balaban J connectivity index is 1.41. The first kappa shape index (κ1) is 19.4. The Bertz CT molecular complexity index is 1270. The maximum Gasteiger partial charge on any atom is 0.266 e. The quantitative estimate of drug-likeness (QED) is 0.510. The predicted octanol–water partition coefficient (Wildman–Crippen LogP) is 2.13. The maximum atomic E-state index is 12.6. The normalized spacial score (nSPS) is 11.0. The molecule has 2 N–H and O–H groups in total. The topological polar surface area (TPSA) is 106 Å². The summed E-state index contributed by atoms with van der Waals surface area (Å²) in [6.45, 7) is 4.06. The van der Waals surface area contributed by atoms with Gasteiger partial charge in [-0.15, -0.1) is 0 Å². The van der Waals surface area contributed by atoms with E-state index in [0.29, 0.717) is 23.7 Å². The maximum absolute atomic E-state index is 12.6. The van der Waals surface area contributed by atoms with Gasteiger partial charge in [0.2, 0.25) is 5.91 Å². The molecule has 0 aliphatic heterocycles. The van der Waals surface area contributed by atoms with Gasteiger partial charge < -0.3 is 14.6 Å². The molecule has 0 fully saturated rings. The summed E-state index contributed by atoms with van der Waals surface area (Å²) < 4.78 is 9.22. The fraction of sp³-hybridized carbons (Fsp3) is 0.238. The number of nitrogens with zero attached hydrogens (tertiary/aromatic N) is 4. The van der Waals surface area contributed by atoms with Crippen molar-refractivity contribution < 1.29 is 9.53 Å². The van der Waals surface area contributed by atoms with Gasteiger partial charge in [-0.3, -0.25) is 14.7 Å². The number of hydrogen-bond donors (Lipinski definition) is 2. The van der Waals surface area contributed by atoms with Crippen LogP contribution >= 0.6 is 0 Å². The molecule has 0 saturated heterocycles. The molecule has 3 aromatic heterocycles. The number of fused-ring (bicyclic) bond motifs is 1. The number of aromatic nitrogens is 5. The molecule has 4 aromatic rings. The van der Waals surface area contributed by atoms with Crippen LogP contribution in [0.5, 0.6) is 5.75 Å². The summed E-state index contributed by atoms with van der Waals surface area (Å²) in [6.07, 6.45) is 3.74. The number of ether oxygens (including phenoxy) is 1. The number of aromatic amines is 1. The van der Waals surface area contributed by atoms with Crippen molar-refractivity contribution in [1.29, 1.82) is 0 Å². The molecule has 3 heterocycles. The Kier molecular flexibility index (Phi) is 5.09. The van der Waals surface area contributed by atoms with E-state index in [1.807, 2.05) is 31.7 Å². The minimum Gasteiger partial charge on any atom is -0.486 e. The fourth-order valence-electron chi connectivity index (χ4n) is 3.30. The number of H-pyrrole nitrogens is 1. The summed E-state index contributed by atoms with van der Waals surface area (Å²) in [4.78, 5) is 32.8. The molecule has 154 valence electrons. The van der Waals surface area contributed by atoms with Gasteiger partial charge in [0.25, 0.3) is 5.56 Å². The molecule has 0 bridgehead atoms. The van der Waals surface area contributed by atoms with Crippen molar-refractivity contribution in [3.05, 3.63) is 75.9 Å². The van der Waals surface area contributed by atoms with Crippen molar-refractivity contribution in [3.63, 3.8) is 0 Å². The van der Waals surface area contributed by atoms with Crippen LogP contribution in [-0.4, -0.2) is 30.1 Å². The van der Waals surface area contributed by atoms with Crippen LogP contribution < -0.4 is 15.6 Å². The molecule has 30 heavy (non-hydrogen) atoms. The Hall–Kier alpha value is -3.88. The monoisotopic (exact) mass is 406 g/mol. The first-order chi connectivity index (χ1) is 14.4. The molecular formula is C21H22N6O3. The molecule has 0 saturated carbocycles. The Morgan fingerprint density at radius 3 is 2.70 bits per heavy atom. The first-order valence-electron chi connectivity index (χ1n) is 9.47. The van der Waals surface area contributed by atoms with Crippen LogP contribution in [0.1, 0.15) is 22.8 Å². The Morgan fingerprint density at radius 2 is 2.00 bits per heavy atom. The van der Waals surface area contributed by atoms with E-state index in [-0.39, 0.29) is 17.9 Å². The van der Waals surface area contributed by atoms with Crippen molar-refractivity contribution >= 4 is 17.2 Å². The minimum atomic E-state index is -0.225. The lowest BCUT2D eigenvalue weighted by atomic mass is 10.1. The lowest BCUT2D eigenvalue weighted by Crippen LogP contribution is -2.17. The molecular weight excluding hydrogens is 384 g/mol. The number of anilines is 1. The summed E-state index contributed by atoms with van der Waals surface area (Å²) in [5.74, 6) is 1.35. The van der Waals surface area contributed by atoms with E-state index < -0.39 is 0 Å². The SMILES string of the molecule is Cc1nc2cc(=O)[nH]n2c(C)c1CC(=O)Nc1ccc(OCc2nccn2C)cc1. The van der Waals surface area contributed by atoms with Crippen LogP contribution in [0.15, 0.2) is 47.5 Å². The second-order valence-corrected chi connectivity index (χ2v) is 7.07. The highest BCUT2D eigenvalue weighted by atomic mass is 16.5. The van der Waals surface area contributed by atoms with Gasteiger partial charge in [0, 0.05) is 48.1 Å². The summed E-state index contributed by atoms with van der Waals surface area (Å²) in [5, 5.41) is 5.58. The van der Waals surface area contributed by atoms with Crippen molar-refractivity contribution in [2.45, 2.75) is 26.9 Å². The number of benzene rings is 1. The number of hydrogen-bond acceptors (Lipinski definition) is 5. The standard InChI is InChI=1S/C21H22N6O3/c1-13-17(14(2)27-18(23-13)11-21(29)25-27)10-20(28)24-15-4-6-16(7-5-15)30-12-19-22-8-9-26(19)3/h4-9,11H,10,12H2,1-3H3,(H,24,28)(H,25,29). The molecule has 4 rings (SSSR count). The van der Waals surface area contributed by atoms with Crippen molar-refractivity contribution in [1.82, 2.24) is 24.1 Å². The van der Waals surface area contributed by atoms with Gasteiger partial charge in [-0.1, -0.05) is 0 Å². The second-order valence-electron chi connectivity index (χ2n) is 7.07. The Morgan fingerprint density at radius 1 is 1.23 bits per heavy atom. The van der Waals surface area contributed by atoms with Gasteiger partial charge in [0.1, 0.15) is 18.2 Å². The lowest BCUT2D eigenvalue weighted by molar-refractivity contribution is -0.115. The minimum absolute atomic E-state index is 0.151. The number of imidazole rings is 1. The molecule has 0 atom stereocenters. The number of aryl methyl sites for hydroxylation is 3. The van der Waals surface area contributed by atoms with E-state index in [2.05, 4.69) is 20.4 Å². The van der Waals surface area contributed by atoms with Gasteiger partial charge in [-0.25, -0.2) is 14.5 Å². The largest absolute Gasteiger partial charge is 0.486 e. The molecule has 0 spiro atoms. The third-order valence-electron chi connectivity index (χ3n) is 4.97. The first-order valence-corrected chi connectivity index (χ1v) is 9.47. The van der Waals surface area contributed by atoms with Crippen LogP contribution in [0.25, 0.3) is 5.65 Å². The molecule has 0 aliphatic carbocycles. The second kappa shape index (κ2) is 7.86. The Labute approximate surface area is 172 Å². The molecule has 9 nitrogen and oxygen atoms in total. The van der Waals surface area contributed by atoms with Crippen molar-refractivity contribution in [3.8, 4) is 5.75 Å². The number of nitrogens with one attached hydrogen (secondary N) is 2. The van der Waals surface area contributed by atoms with Gasteiger partial charge in [-0.2, -0.15) is 0 Å². The average Bonchev–Trinajstić information content (AvgIpc) is 3.29. The number of rotatable bonds is 6. The lowest BCUT2D eigenvalue weighted by Gasteiger charge is -2.12. The highest BCUT2D eigenvalue weighted by Gasteiger charge is 2.14. The van der Waals surface area contributed by atoms with Gasteiger partial charge in [0.15, 0.2) is 5.65 Å². The van der Waals surface area contributed by atoms with E-state index in [4.69, 9.17) is 4.74 Å². The summed E-state index contributed by atoms with van der Waals surface area (Å²) >= 11 is 0. The molecule has 9 heteroatoms. The summed E-state index contributed by atoms with van der Waals surface area (Å²) in [7, 11) is 1.91. The predicted molar refractivity (Wildman–Crippen MR) is 112 cm³/mol. The molecule has 1 aromatic carbocycles. The molecule has 1 amide bonds. The molecule has 0 aliphatic rings. The molecule has 0 unspecified atom stereocenters. The zero-order valence-corrected chi connectivity index (χ0v) is 17.0.